The molecule has 4 saturated carbocycles. The number of piperidine rings is 1. The highest BCUT2D eigenvalue weighted by Gasteiger charge is 2.70. The predicted octanol–water partition coefficient (Wildman–Crippen LogP) is 2.06. The molecule has 1 heterocycles. The van der Waals surface area contributed by atoms with Crippen LogP contribution in [0.4, 0.5) is 4.79 Å². The Kier molecular flexibility index (Phi) is 8.41. The van der Waals surface area contributed by atoms with Crippen LogP contribution in [0.3, 0.4) is 0 Å². The number of amides is 5. The minimum atomic E-state index is -1.09. The molecule has 11 heteroatoms. The SMILES string of the molecule is CC(C)(C)[C@H](NC(=O)N[C@H](C(=O)C1CC1)C1CCCCC1)C(=O)N1C[C@H]2[C@@H]([C@H]1C(=O)NC(C(=O)C(N)=O)C1CC1)C2(C)C. The van der Waals surface area contributed by atoms with Crippen LogP contribution in [0.5, 0.6) is 0 Å². The van der Waals surface area contributed by atoms with Crippen LogP contribution in [-0.4, -0.2) is 70.9 Å². The van der Waals surface area contributed by atoms with E-state index in [2.05, 4.69) is 29.8 Å². The number of nitrogens with one attached hydrogen (secondary N) is 3. The maximum absolute atomic E-state index is 14.2. The number of primary amides is 1. The quantitative estimate of drug-likeness (QED) is 0.265. The van der Waals surface area contributed by atoms with Gasteiger partial charge in [0.05, 0.1) is 6.04 Å². The zero-order valence-corrected chi connectivity index (χ0v) is 26.2. The number of carbonyl (C=O) groups is 6. The lowest BCUT2D eigenvalue weighted by Gasteiger charge is -2.38. The summed E-state index contributed by atoms with van der Waals surface area (Å²) in [5.74, 6) is -2.71. The van der Waals surface area contributed by atoms with Crippen LogP contribution in [0, 0.1) is 40.4 Å². The summed E-state index contributed by atoms with van der Waals surface area (Å²) < 4.78 is 0. The Balaban J connectivity index is 1.32. The third-order valence-electron chi connectivity index (χ3n) is 10.8. The topological polar surface area (TPSA) is 168 Å². The van der Waals surface area contributed by atoms with E-state index in [1.165, 1.54) is 0 Å². The molecule has 0 bridgehead atoms. The van der Waals surface area contributed by atoms with Crippen LogP contribution >= 0.6 is 0 Å². The number of hydrogen-bond donors (Lipinski definition) is 4. The zero-order valence-electron chi connectivity index (χ0n) is 26.2. The lowest BCUT2D eigenvalue weighted by Crippen LogP contribution is -2.62. The van der Waals surface area contributed by atoms with E-state index in [1.54, 1.807) is 4.90 Å². The smallest absolute Gasteiger partial charge is 0.316 e. The van der Waals surface area contributed by atoms with Crippen molar-refractivity contribution in [3.63, 3.8) is 0 Å². The van der Waals surface area contributed by atoms with E-state index in [4.69, 9.17) is 5.73 Å². The molecule has 238 valence electrons. The van der Waals surface area contributed by atoms with Crippen molar-refractivity contribution < 1.29 is 28.8 Å². The molecule has 1 saturated heterocycles. The first-order valence-corrected chi connectivity index (χ1v) is 16.2. The van der Waals surface area contributed by atoms with Crippen molar-refractivity contribution in [1.29, 1.82) is 0 Å². The van der Waals surface area contributed by atoms with E-state index in [-0.39, 0.29) is 46.7 Å². The molecule has 5 fully saturated rings. The molecule has 6 atom stereocenters. The highest BCUT2D eigenvalue weighted by molar-refractivity contribution is 6.38. The zero-order chi connectivity index (χ0) is 31.4. The molecule has 0 aromatic carbocycles. The lowest BCUT2D eigenvalue weighted by atomic mass is 9.81. The van der Waals surface area contributed by atoms with Crippen molar-refractivity contribution in [3.8, 4) is 0 Å². The van der Waals surface area contributed by atoms with Gasteiger partial charge in [0.15, 0.2) is 5.78 Å². The summed E-state index contributed by atoms with van der Waals surface area (Å²) in [6.07, 6.45) is 8.15. The summed E-state index contributed by atoms with van der Waals surface area (Å²) in [5, 5.41) is 8.62. The average molecular weight is 600 g/mol. The lowest BCUT2D eigenvalue weighted by molar-refractivity contribution is -0.145. The number of ketones is 2. The summed E-state index contributed by atoms with van der Waals surface area (Å²) in [6.45, 7) is 10.0. The Hall–Kier alpha value is -2.98. The summed E-state index contributed by atoms with van der Waals surface area (Å²) in [4.78, 5) is 80.4. The summed E-state index contributed by atoms with van der Waals surface area (Å²) >= 11 is 0. The molecule has 5 rings (SSSR count). The number of Topliss-reactive ketones (excluding diaryl/α,β-unsaturated/α-hetero) is 2. The molecule has 0 aromatic heterocycles. The standard InChI is InChI=1S/C32H49N5O6/c1-31(2,3)26(36-30(43)35-21(24(38)18-13-14-18)16-9-7-6-8-10-16)29(42)37-15-19-20(32(19,4)5)23(37)28(41)34-22(17-11-12-17)25(39)27(33)40/h16-23,26H,6-15H2,1-5H3,(H2,33,40)(H,34,41)(H2,35,36,43)/t19-,20-,21-,22?,23-,26+/m0/s1. The fraction of sp³-hybridized carbons (Fsp3) is 0.812. The summed E-state index contributed by atoms with van der Waals surface area (Å²) in [5.41, 5.74) is 4.40. The van der Waals surface area contributed by atoms with Gasteiger partial charge in [-0.2, -0.15) is 0 Å². The fourth-order valence-electron chi connectivity index (χ4n) is 7.67. The maximum Gasteiger partial charge on any atom is 0.316 e. The second kappa shape index (κ2) is 11.5. The van der Waals surface area contributed by atoms with E-state index in [0.717, 1.165) is 44.9 Å². The van der Waals surface area contributed by atoms with Crippen molar-refractivity contribution in [3.05, 3.63) is 0 Å². The number of fused-ring (bicyclic) bond motifs is 1. The van der Waals surface area contributed by atoms with Gasteiger partial charge in [-0.1, -0.05) is 53.9 Å². The minimum Gasteiger partial charge on any atom is -0.363 e. The first kappa shape index (κ1) is 31.4. The van der Waals surface area contributed by atoms with Gasteiger partial charge < -0.3 is 26.6 Å². The second-order valence-corrected chi connectivity index (χ2v) is 15.4. The number of carbonyl (C=O) groups excluding carboxylic acids is 6. The van der Waals surface area contributed by atoms with E-state index < -0.39 is 53.2 Å². The maximum atomic E-state index is 14.2. The third kappa shape index (κ3) is 6.45. The van der Waals surface area contributed by atoms with Crippen LogP contribution in [0.2, 0.25) is 0 Å². The van der Waals surface area contributed by atoms with E-state index in [0.29, 0.717) is 19.4 Å². The van der Waals surface area contributed by atoms with Gasteiger partial charge in [0.1, 0.15) is 18.1 Å². The molecule has 0 spiro atoms. The molecule has 43 heavy (non-hydrogen) atoms. The molecule has 5 aliphatic rings. The van der Waals surface area contributed by atoms with Gasteiger partial charge in [0.2, 0.25) is 17.6 Å². The first-order valence-electron chi connectivity index (χ1n) is 16.2. The van der Waals surface area contributed by atoms with Crippen LogP contribution in [0.25, 0.3) is 0 Å². The highest BCUT2D eigenvalue weighted by Crippen LogP contribution is 2.65. The number of likely N-dealkylation sites (tertiary alicyclic amines) is 1. The van der Waals surface area contributed by atoms with Crippen LogP contribution < -0.4 is 21.7 Å². The van der Waals surface area contributed by atoms with Crippen LogP contribution in [0.15, 0.2) is 0 Å². The van der Waals surface area contributed by atoms with Gasteiger partial charge in [0, 0.05) is 12.5 Å². The van der Waals surface area contributed by atoms with Crippen molar-refractivity contribution in [2.24, 2.45) is 46.2 Å². The number of nitrogens with zero attached hydrogens (tertiary/aromatic N) is 1. The Labute approximate surface area is 254 Å². The average Bonchev–Trinajstić information content (AvgIpc) is 3.88. The van der Waals surface area contributed by atoms with Gasteiger partial charge in [0.25, 0.3) is 5.91 Å². The number of nitrogens with two attached hydrogens (primary N) is 1. The summed E-state index contributed by atoms with van der Waals surface area (Å²) in [7, 11) is 0. The monoisotopic (exact) mass is 599 g/mol. The second-order valence-electron chi connectivity index (χ2n) is 15.4. The van der Waals surface area contributed by atoms with Crippen molar-refractivity contribution in [1.82, 2.24) is 20.9 Å². The highest BCUT2D eigenvalue weighted by atomic mass is 16.2. The Morgan fingerprint density at radius 1 is 0.814 bits per heavy atom. The predicted molar refractivity (Wildman–Crippen MR) is 158 cm³/mol. The molecule has 1 unspecified atom stereocenters. The Morgan fingerprint density at radius 3 is 1.95 bits per heavy atom. The molecule has 11 nitrogen and oxygen atoms in total. The first-order chi connectivity index (χ1) is 20.1. The van der Waals surface area contributed by atoms with Crippen molar-refractivity contribution in [2.75, 3.05) is 6.54 Å². The van der Waals surface area contributed by atoms with Gasteiger partial charge in [-0.3, -0.25) is 24.0 Å². The molecular formula is C32H49N5O6. The normalized spacial score (nSPS) is 28.6. The minimum absolute atomic E-state index is 0.00660. The summed E-state index contributed by atoms with van der Waals surface area (Å²) in [6, 6.07) is -3.91. The van der Waals surface area contributed by atoms with E-state index >= 15 is 0 Å². The van der Waals surface area contributed by atoms with Gasteiger partial charge in [-0.25, -0.2) is 4.79 Å². The van der Waals surface area contributed by atoms with Crippen LogP contribution in [-0.2, 0) is 24.0 Å². The Morgan fingerprint density at radius 2 is 1.42 bits per heavy atom. The third-order valence-corrected chi connectivity index (χ3v) is 10.8. The van der Waals surface area contributed by atoms with E-state index in [1.807, 2.05) is 20.8 Å². The Bertz CT molecular complexity index is 1180. The number of urea groups is 1. The molecule has 5 amide bonds. The van der Waals surface area contributed by atoms with Crippen molar-refractivity contribution >= 4 is 35.3 Å². The van der Waals surface area contributed by atoms with Crippen molar-refractivity contribution in [2.45, 2.75) is 117 Å². The molecular weight excluding hydrogens is 550 g/mol. The molecule has 5 N–H and O–H groups in total. The van der Waals surface area contributed by atoms with Gasteiger partial charge in [-0.05, 0) is 73.0 Å². The molecule has 0 radical (unpaired) electrons. The van der Waals surface area contributed by atoms with E-state index in [9.17, 15) is 28.8 Å². The largest absolute Gasteiger partial charge is 0.363 e. The van der Waals surface area contributed by atoms with Gasteiger partial charge >= 0.3 is 6.03 Å². The fourth-order valence-corrected chi connectivity index (χ4v) is 7.67. The number of hydrogen-bond acceptors (Lipinski definition) is 6. The molecule has 4 aliphatic carbocycles. The van der Waals surface area contributed by atoms with Crippen LogP contribution in [0.1, 0.15) is 92.4 Å². The molecule has 1 aliphatic heterocycles. The number of rotatable bonds is 11. The molecule has 0 aromatic rings. The van der Waals surface area contributed by atoms with Gasteiger partial charge in [-0.15, -0.1) is 0 Å².